The highest BCUT2D eigenvalue weighted by Crippen LogP contribution is 2.58. The molecule has 7 rings (SSSR count). The van der Waals surface area contributed by atoms with Gasteiger partial charge in [0.1, 0.15) is 22.8 Å². The summed E-state index contributed by atoms with van der Waals surface area (Å²) in [5.74, 6) is -0.121. The lowest BCUT2D eigenvalue weighted by molar-refractivity contribution is -0.142. The quantitative estimate of drug-likeness (QED) is 0.598. The summed E-state index contributed by atoms with van der Waals surface area (Å²) in [5.41, 5.74) is -0.661. The summed E-state index contributed by atoms with van der Waals surface area (Å²) in [6.07, 6.45) is 0.168. The van der Waals surface area contributed by atoms with Crippen LogP contribution in [-0.2, 0) is 20.5 Å². The fourth-order valence-electron chi connectivity index (χ4n) is 5.30. The molecule has 2 aromatic carbocycles. The van der Waals surface area contributed by atoms with Crippen LogP contribution in [0.5, 0.6) is 0 Å². The molecule has 8 heteroatoms. The highest BCUT2D eigenvalue weighted by atomic mass is 35.5. The Morgan fingerprint density at radius 1 is 1.17 bits per heavy atom. The van der Waals surface area contributed by atoms with Gasteiger partial charge in [0.05, 0.1) is 10.9 Å². The molecule has 2 N–H and O–H groups in total. The first-order chi connectivity index (χ1) is 13.9. The van der Waals surface area contributed by atoms with E-state index in [0.717, 1.165) is 5.56 Å². The van der Waals surface area contributed by atoms with Crippen LogP contribution in [0.4, 0.5) is 5.69 Å². The number of anilines is 1. The van der Waals surface area contributed by atoms with E-state index in [1.54, 1.807) is 49.4 Å². The Balaban J connectivity index is 1.74. The number of nitrogens with zero attached hydrogens (tertiary/aromatic N) is 2. The molecule has 144 valence electrons. The van der Waals surface area contributed by atoms with Gasteiger partial charge in [-0.15, -0.1) is 0 Å². The van der Waals surface area contributed by atoms with Crippen molar-refractivity contribution in [3.8, 4) is 0 Å². The molecule has 29 heavy (non-hydrogen) atoms. The SMILES string of the molecule is C[C@@]12NC(=O)[C@H](C[C@@]13C(=O)Nc1ccc(Cl)cc13)n1c2nc2ccccc2c1=O. The fraction of sp³-hybridized carbons (Fsp3) is 0.238. The highest BCUT2D eigenvalue weighted by molar-refractivity contribution is 6.31. The van der Waals surface area contributed by atoms with E-state index in [1.807, 2.05) is 0 Å². The average molecular weight is 407 g/mol. The first kappa shape index (κ1) is 16.7. The van der Waals surface area contributed by atoms with E-state index in [9.17, 15) is 14.4 Å². The number of halogens is 1. The van der Waals surface area contributed by atoms with Gasteiger partial charge < -0.3 is 10.6 Å². The molecule has 4 aliphatic heterocycles. The molecule has 1 spiro atoms. The van der Waals surface area contributed by atoms with E-state index >= 15 is 0 Å². The van der Waals surface area contributed by atoms with E-state index in [-0.39, 0.29) is 23.8 Å². The van der Waals surface area contributed by atoms with E-state index in [2.05, 4.69) is 10.6 Å². The van der Waals surface area contributed by atoms with Gasteiger partial charge in [0.25, 0.3) is 5.56 Å². The standard InChI is InChI=1S/C21H15ClN4O3/c1-20-18-23-13-5-3-2-4-11(13)17(28)26(18)15(16(27)25-20)9-21(20)12-8-10(22)6-7-14(12)24-19(21)29/h2-8,15H,9H2,1H3,(H,24,29)(H,25,27)/t15-,20-,21+/m0/s1. The molecule has 5 heterocycles. The maximum absolute atomic E-state index is 13.4. The molecule has 3 aromatic rings. The lowest BCUT2D eigenvalue weighted by atomic mass is 9.58. The van der Waals surface area contributed by atoms with E-state index in [1.165, 1.54) is 4.57 Å². The monoisotopic (exact) mass is 406 g/mol. The summed E-state index contributed by atoms with van der Waals surface area (Å²) in [6, 6.07) is 11.4. The second kappa shape index (κ2) is 5.04. The summed E-state index contributed by atoms with van der Waals surface area (Å²) in [5, 5.41) is 6.88. The Hall–Kier alpha value is -3.19. The number of amides is 2. The molecular weight excluding hydrogens is 392 g/mol. The third kappa shape index (κ3) is 1.75. The third-order valence-electron chi connectivity index (χ3n) is 6.67. The normalized spacial score (nSPS) is 29.0. The van der Waals surface area contributed by atoms with Crippen molar-refractivity contribution in [1.29, 1.82) is 0 Å². The molecule has 2 bridgehead atoms. The van der Waals surface area contributed by atoms with Gasteiger partial charge in [-0.2, -0.15) is 0 Å². The molecule has 1 fully saturated rings. The summed E-state index contributed by atoms with van der Waals surface area (Å²) in [4.78, 5) is 44.2. The number of piperidine rings is 1. The number of aromatic nitrogens is 2. The Morgan fingerprint density at radius 3 is 2.79 bits per heavy atom. The van der Waals surface area contributed by atoms with Crippen molar-refractivity contribution in [3.63, 3.8) is 0 Å². The number of para-hydroxylation sites is 1. The maximum atomic E-state index is 13.4. The number of hydrogen-bond donors (Lipinski definition) is 2. The minimum Gasteiger partial charge on any atom is -0.340 e. The maximum Gasteiger partial charge on any atom is 0.262 e. The van der Waals surface area contributed by atoms with Gasteiger partial charge in [0.2, 0.25) is 11.8 Å². The van der Waals surface area contributed by atoms with Gasteiger partial charge in [0.15, 0.2) is 0 Å². The van der Waals surface area contributed by atoms with Crippen molar-refractivity contribution in [2.24, 2.45) is 0 Å². The Kier molecular flexibility index (Phi) is 2.91. The molecule has 4 aliphatic rings. The average Bonchev–Trinajstić information content (AvgIpc) is 2.96. The number of carbonyl (C=O) groups is 2. The first-order valence-corrected chi connectivity index (χ1v) is 9.70. The lowest BCUT2D eigenvalue weighted by Gasteiger charge is -2.55. The van der Waals surface area contributed by atoms with E-state index in [4.69, 9.17) is 16.6 Å². The van der Waals surface area contributed by atoms with E-state index in [0.29, 0.717) is 27.4 Å². The summed E-state index contributed by atoms with van der Waals surface area (Å²) < 4.78 is 1.46. The van der Waals surface area contributed by atoms with Crippen LogP contribution in [0.15, 0.2) is 47.3 Å². The predicted octanol–water partition coefficient (Wildman–Crippen LogP) is 2.23. The first-order valence-electron chi connectivity index (χ1n) is 9.32. The molecule has 1 aromatic heterocycles. The van der Waals surface area contributed by atoms with Gasteiger partial charge >= 0.3 is 0 Å². The molecule has 0 aliphatic carbocycles. The van der Waals surface area contributed by atoms with Gasteiger partial charge in [-0.3, -0.25) is 19.0 Å². The van der Waals surface area contributed by atoms with Crippen LogP contribution in [-0.4, -0.2) is 21.4 Å². The largest absolute Gasteiger partial charge is 0.340 e. The zero-order valence-electron chi connectivity index (χ0n) is 15.3. The molecule has 0 radical (unpaired) electrons. The van der Waals surface area contributed by atoms with Crippen molar-refractivity contribution < 1.29 is 9.59 Å². The number of nitrogens with one attached hydrogen (secondary N) is 2. The lowest BCUT2D eigenvalue weighted by Crippen LogP contribution is -2.72. The van der Waals surface area contributed by atoms with Crippen molar-refractivity contribution in [1.82, 2.24) is 14.9 Å². The second-order valence-electron chi connectivity index (χ2n) is 8.01. The zero-order valence-corrected chi connectivity index (χ0v) is 16.1. The summed E-state index contributed by atoms with van der Waals surface area (Å²) in [6.45, 7) is 1.77. The number of rotatable bonds is 0. The van der Waals surface area contributed by atoms with Crippen LogP contribution < -0.4 is 16.2 Å². The number of carbonyl (C=O) groups excluding carboxylic acids is 2. The van der Waals surface area contributed by atoms with Crippen molar-refractivity contribution in [2.45, 2.75) is 30.3 Å². The van der Waals surface area contributed by atoms with E-state index < -0.39 is 17.0 Å². The fourth-order valence-corrected chi connectivity index (χ4v) is 5.47. The van der Waals surface area contributed by atoms with Gasteiger partial charge in [-0.1, -0.05) is 23.7 Å². The number of hydrogen-bond acceptors (Lipinski definition) is 4. The Labute approximate surface area is 169 Å². The van der Waals surface area contributed by atoms with Crippen LogP contribution in [0.25, 0.3) is 10.9 Å². The van der Waals surface area contributed by atoms with Gasteiger partial charge in [-0.25, -0.2) is 4.98 Å². The van der Waals surface area contributed by atoms with Crippen molar-refractivity contribution >= 4 is 40.0 Å². The highest BCUT2D eigenvalue weighted by Gasteiger charge is 2.69. The minimum atomic E-state index is -1.21. The van der Waals surface area contributed by atoms with Crippen molar-refractivity contribution in [2.75, 3.05) is 5.32 Å². The smallest absolute Gasteiger partial charge is 0.262 e. The van der Waals surface area contributed by atoms with Crippen LogP contribution in [0.3, 0.4) is 0 Å². The third-order valence-corrected chi connectivity index (χ3v) is 6.91. The zero-order chi connectivity index (χ0) is 20.1. The summed E-state index contributed by atoms with van der Waals surface area (Å²) in [7, 11) is 0. The molecule has 1 saturated heterocycles. The van der Waals surface area contributed by atoms with Crippen LogP contribution in [0.1, 0.15) is 30.8 Å². The molecule has 0 saturated carbocycles. The molecule has 3 atom stereocenters. The minimum absolute atomic E-state index is 0.168. The molecular formula is C21H15ClN4O3. The van der Waals surface area contributed by atoms with Gasteiger partial charge in [-0.05, 0) is 49.2 Å². The molecule has 0 unspecified atom stereocenters. The second-order valence-corrected chi connectivity index (χ2v) is 8.45. The topological polar surface area (TPSA) is 93.1 Å². The Bertz CT molecular complexity index is 1350. The van der Waals surface area contributed by atoms with Crippen molar-refractivity contribution in [3.05, 3.63) is 69.2 Å². The van der Waals surface area contributed by atoms with Crippen LogP contribution in [0.2, 0.25) is 5.02 Å². The number of fused-ring (bicyclic) bond motifs is 3. The summed E-state index contributed by atoms with van der Waals surface area (Å²) >= 11 is 6.26. The van der Waals surface area contributed by atoms with Crippen LogP contribution >= 0.6 is 11.6 Å². The van der Waals surface area contributed by atoms with Crippen LogP contribution in [0, 0.1) is 0 Å². The molecule has 7 nitrogen and oxygen atoms in total. The molecule has 2 amide bonds. The van der Waals surface area contributed by atoms with Gasteiger partial charge in [0, 0.05) is 10.7 Å². The number of benzene rings is 2. The Morgan fingerprint density at radius 2 is 1.97 bits per heavy atom. The predicted molar refractivity (Wildman–Crippen MR) is 107 cm³/mol.